The monoisotopic (exact) mass is 325 g/mol. The molecule has 3 heterocycles. The van der Waals surface area contributed by atoms with Crippen molar-refractivity contribution in [1.29, 1.82) is 0 Å². The summed E-state index contributed by atoms with van der Waals surface area (Å²) in [6.07, 6.45) is 7.44. The van der Waals surface area contributed by atoms with Gasteiger partial charge in [-0.2, -0.15) is 0 Å². The zero-order valence-electron chi connectivity index (χ0n) is 13.0. The number of anilines is 1. The summed E-state index contributed by atoms with van der Waals surface area (Å²) in [6, 6.07) is 5.78. The van der Waals surface area contributed by atoms with E-state index in [0.717, 1.165) is 25.2 Å². The lowest BCUT2D eigenvalue weighted by molar-refractivity contribution is 0.0974. The number of aromatic nitrogens is 4. The molecule has 1 fully saturated rings. The van der Waals surface area contributed by atoms with Crippen molar-refractivity contribution in [2.75, 3.05) is 11.4 Å². The van der Waals surface area contributed by atoms with Crippen LogP contribution >= 0.6 is 0 Å². The summed E-state index contributed by atoms with van der Waals surface area (Å²) in [5.74, 6) is 0.432. The van der Waals surface area contributed by atoms with Crippen LogP contribution in [0.3, 0.4) is 0 Å². The van der Waals surface area contributed by atoms with E-state index in [1.165, 1.54) is 24.3 Å². The second kappa shape index (κ2) is 5.99. The molecular formula is C17H16FN5O. The smallest absolute Gasteiger partial charge is 0.203 e. The molecule has 24 heavy (non-hydrogen) atoms. The molecule has 1 aliphatic rings. The van der Waals surface area contributed by atoms with Crippen molar-refractivity contribution in [1.82, 2.24) is 19.6 Å². The summed E-state index contributed by atoms with van der Waals surface area (Å²) in [5.41, 5.74) is 1.23. The van der Waals surface area contributed by atoms with Gasteiger partial charge in [0.15, 0.2) is 11.6 Å². The number of Topliss-reactive ketones (excluding diaryl/α,β-unsaturated/α-hetero) is 1. The fourth-order valence-corrected chi connectivity index (χ4v) is 3.24. The van der Waals surface area contributed by atoms with E-state index in [-0.39, 0.29) is 17.6 Å². The van der Waals surface area contributed by atoms with Crippen LogP contribution in [0.15, 0.2) is 43.0 Å². The third-order valence-corrected chi connectivity index (χ3v) is 4.43. The Balaban J connectivity index is 1.58. The van der Waals surface area contributed by atoms with Gasteiger partial charge in [-0.1, -0.05) is 0 Å². The first-order valence-corrected chi connectivity index (χ1v) is 7.92. The maximum atomic E-state index is 13.0. The third-order valence-electron chi connectivity index (χ3n) is 4.43. The normalized spacial score (nSPS) is 17.5. The Kier molecular flexibility index (Phi) is 3.68. The first-order chi connectivity index (χ1) is 11.7. The quantitative estimate of drug-likeness (QED) is 0.690. The van der Waals surface area contributed by atoms with E-state index < -0.39 is 0 Å². The highest BCUT2D eigenvalue weighted by Gasteiger charge is 2.29. The molecule has 122 valence electrons. The zero-order chi connectivity index (χ0) is 16.5. The number of ketones is 1. The molecule has 4 rings (SSSR count). The van der Waals surface area contributed by atoms with E-state index in [1.54, 1.807) is 18.7 Å². The molecule has 0 amide bonds. The summed E-state index contributed by atoms with van der Waals surface area (Å²) >= 11 is 0. The molecule has 0 unspecified atom stereocenters. The van der Waals surface area contributed by atoms with E-state index in [9.17, 15) is 9.18 Å². The van der Waals surface area contributed by atoms with Crippen molar-refractivity contribution in [2.45, 2.75) is 25.3 Å². The molecule has 0 bridgehead atoms. The Morgan fingerprint density at radius 1 is 1.29 bits per heavy atom. The topological polar surface area (TPSA) is 63.4 Å². The molecule has 1 saturated heterocycles. The van der Waals surface area contributed by atoms with Crippen LogP contribution in [0.2, 0.25) is 0 Å². The number of carbonyl (C=O) groups excluding carboxylic acids is 1. The van der Waals surface area contributed by atoms with E-state index in [2.05, 4.69) is 20.1 Å². The summed E-state index contributed by atoms with van der Waals surface area (Å²) < 4.78 is 14.8. The van der Waals surface area contributed by atoms with Gasteiger partial charge in [0.1, 0.15) is 12.1 Å². The van der Waals surface area contributed by atoms with Crippen molar-refractivity contribution in [2.24, 2.45) is 0 Å². The molecule has 0 radical (unpaired) electrons. The maximum Gasteiger partial charge on any atom is 0.203 e. The molecule has 2 aromatic heterocycles. The van der Waals surface area contributed by atoms with Crippen molar-refractivity contribution >= 4 is 17.2 Å². The van der Waals surface area contributed by atoms with Gasteiger partial charge >= 0.3 is 0 Å². The number of hydrogen-bond donors (Lipinski definition) is 0. The van der Waals surface area contributed by atoms with Crippen LogP contribution < -0.4 is 4.90 Å². The Labute approximate surface area is 138 Å². The van der Waals surface area contributed by atoms with Crippen LogP contribution in [-0.2, 0) is 0 Å². The fourth-order valence-electron chi connectivity index (χ4n) is 3.24. The highest BCUT2D eigenvalue weighted by atomic mass is 19.1. The first-order valence-electron chi connectivity index (χ1n) is 7.92. The highest BCUT2D eigenvalue weighted by Crippen LogP contribution is 2.28. The lowest BCUT2D eigenvalue weighted by atomic mass is 10.0. The molecule has 6 nitrogen and oxygen atoms in total. The first kappa shape index (κ1) is 14.7. The van der Waals surface area contributed by atoms with Crippen molar-refractivity contribution in [3.8, 4) is 0 Å². The molecule has 0 aliphatic carbocycles. The zero-order valence-corrected chi connectivity index (χ0v) is 13.0. The van der Waals surface area contributed by atoms with Crippen molar-refractivity contribution in [3.05, 3.63) is 54.4 Å². The molecule has 1 atom stereocenters. The second-order valence-corrected chi connectivity index (χ2v) is 5.94. The van der Waals surface area contributed by atoms with Gasteiger partial charge in [-0.15, -0.1) is 10.2 Å². The van der Waals surface area contributed by atoms with Gasteiger partial charge in [-0.3, -0.25) is 9.20 Å². The van der Waals surface area contributed by atoms with Crippen LogP contribution in [0.25, 0.3) is 5.65 Å². The number of benzene rings is 1. The molecule has 0 saturated carbocycles. The summed E-state index contributed by atoms with van der Waals surface area (Å²) in [4.78, 5) is 19.1. The standard InChI is InChI=1S/C17H16FN5O/c18-13-5-3-12(4-6-13)15(24)10-14-2-1-8-23(14)16-17-21-20-11-22(17)9-7-19-16/h3-7,9,11,14H,1-2,8,10H2/t14-/m1/s1. The van der Waals surface area contributed by atoms with E-state index in [0.29, 0.717) is 17.6 Å². The summed E-state index contributed by atoms with van der Waals surface area (Å²) in [6.45, 7) is 0.834. The Morgan fingerprint density at radius 3 is 2.96 bits per heavy atom. The van der Waals surface area contributed by atoms with E-state index in [4.69, 9.17) is 0 Å². The number of fused-ring (bicyclic) bond motifs is 1. The van der Waals surface area contributed by atoms with Gasteiger partial charge in [-0.05, 0) is 37.1 Å². The Hall–Kier alpha value is -2.83. The minimum Gasteiger partial charge on any atom is -0.350 e. The van der Waals surface area contributed by atoms with Crippen LogP contribution in [0.1, 0.15) is 29.6 Å². The van der Waals surface area contributed by atoms with Crippen LogP contribution in [0.4, 0.5) is 10.2 Å². The predicted molar refractivity (Wildman–Crippen MR) is 86.5 cm³/mol. The SMILES string of the molecule is O=C(C[C@H]1CCCN1c1nccn2cnnc12)c1ccc(F)cc1. The van der Waals surface area contributed by atoms with Gasteiger partial charge in [0.05, 0.1) is 0 Å². The second-order valence-electron chi connectivity index (χ2n) is 5.94. The highest BCUT2D eigenvalue weighted by molar-refractivity contribution is 5.96. The summed E-state index contributed by atoms with van der Waals surface area (Å²) in [5, 5.41) is 8.05. The fraction of sp³-hybridized carbons (Fsp3) is 0.294. The van der Waals surface area contributed by atoms with Gasteiger partial charge in [0, 0.05) is 37.0 Å². The molecule has 3 aromatic rings. The van der Waals surface area contributed by atoms with E-state index in [1.807, 2.05) is 4.40 Å². The average Bonchev–Trinajstić information content (AvgIpc) is 3.24. The summed E-state index contributed by atoms with van der Waals surface area (Å²) in [7, 11) is 0. The Morgan fingerprint density at radius 2 is 2.12 bits per heavy atom. The third kappa shape index (κ3) is 2.62. The Bertz CT molecular complexity index is 876. The van der Waals surface area contributed by atoms with Crippen LogP contribution in [-0.4, -0.2) is 38.0 Å². The minimum absolute atomic E-state index is 0.0142. The lowest BCUT2D eigenvalue weighted by Crippen LogP contribution is -2.32. The average molecular weight is 325 g/mol. The molecule has 0 N–H and O–H groups in total. The number of halogens is 1. The van der Waals surface area contributed by atoms with E-state index >= 15 is 0 Å². The number of hydrogen-bond acceptors (Lipinski definition) is 5. The molecular weight excluding hydrogens is 309 g/mol. The number of nitrogens with zero attached hydrogens (tertiary/aromatic N) is 5. The van der Waals surface area contributed by atoms with Gasteiger partial charge < -0.3 is 4.90 Å². The lowest BCUT2D eigenvalue weighted by Gasteiger charge is -2.25. The largest absolute Gasteiger partial charge is 0.350 e. The van der Waals surface area contributed by atoms with Crippen LogP contribution in [0.5, 0.6) is 0 Å². The number of carbonyl (C=O) groups is 1. The van der Waals surface area contributed by atoms with Gasteiger partial charge in [0.25, 0.3) is 0 Å². The van der Waals surface area contributed by atoms with Crippen LogP contribution in [0, 0.1) is 5.82 Å². The number of rotatable bonds is 4. The van der Waals surface area contributed by atoms with Gasteiger partial charge in [-0.25, -0.2) is 9.37 Å². The molecule has 1 aliphatic heterocycles. The minimum atomic E-state index is -0.336. The maximum absolute atomic E-state index is 13.0. The van der Waals surface area contributed by atoms with Crippen molar-refractivity contribution < 1.29 is 9.18 Å². The molecule has 0 spiro atoms. The molecule has 1 aromatic carbocycles. The predicted octanol–water partition coefficient (Wildman–Crippen LogP) is 2.51. The van der Waals surface area contributed by atoms with Gasteiger partial charge in [0.2, 0.25) is 5.65 Å². The molecule has 7 heteroatoms. The van der Waals surface area contributed by atoms with Crippen molar-refractivity contribution in [3.63, 3.8) is 0 Å².